The summed E-state index contributed by atoms with van der Waals surface area (Å²) in [7, 11) is 0. The van der Waals surface area contributed by atoms with Crippen molar-refractivity contribution < 1.29 is 4.42 Å². The van der Waals surface area contributed by atoms with Crippen LogP contribution in [0.4, 0.5) is 0 Å². The molecule has 0 aliphatic rings. The SMILES string of the molecule is c1ccc(-c2nc3cc4sc5cccc(-c6nc(-c7ccc8ccccc8c7)nc(-c7cc8ccccc8cc7-c7ccccc7)n6)c5c4cc3o2)cc1. The van der Waals surface area contributed by atoms with E-state index in [4.69, 9.17) is 24.4 Å². The van der Waals surface area contributed by atoms with Crippen LogP contribution in [-0.4, -0.2) is 19.9 Å². The first-order valence-corrected chi connectivity index (χ1v) is 18.7. The van der Waals surface area contributed by atoms with Gasteiger partial charge in [0.1, 0.15) is 5.52 Å². The summed E-state index contributed by atoms with van der Waals surface area (Å²) in [5.41, 5.74) is 7.51. The van der Waals surface area contributed by atoms with Gasteiger partial charge < -0.3 is 4.42 Å². The highest BCUT2D eigenvalue weighted by atomic mass is 32.1. The Hall–Kier alpha value is -7.02. The molecule has 11 aromatic rings. The molecule has 3 heterocycles. The summed E-state index contributed by atoms with van der Waals surface area (Å²) in [6.07, 6.45) is 0. The maximum atomic E-state index is 6.36. The number of hydrogen-bond donors (Lipinski definition) is 0. The fraction of sp³-hybridized carbons (Fsp3) is 0. The highest BCUT2D eigenvalue weighted by Crippen LogP contribution is 2.43. The Bertz CT molecular complexity index is 3220. The molecule has 0 saturated carbocycles. The van der Waals surface area contributed by atoms with Gasteiger partial charge in [0, 0.05) is 42.4 Å². The van der Waals surface area contributed by atoms with E-state index in [1.165, 1.54) is 5.39 Å². The van der Waals surface area contributed by atoms with Gasteiger partial charge in [0.05, 0.1) is 0 Å². The summed E-state index contributed by atoms with van der Waals surface area (Å²) >= 11 is 1.74. The van der Waals surface area contributed by atoms with E-state index in [0.29, 0.717) is 23.4 Å². The molecule has 0 saturated heterocycles. The quantitative estimate of drug-likeness (QED) is 0.178. The van der Waals surface area contributed by atoms with Gasteiger partial charge in [-0.1, -0.05) is 121 Å². The van der Waals surface area contributed by atoms with Crippen LogP contribution in [0.15, 0.2) is 174 Å². The molecule has 11 rings (SSSR count). The molecule has 5 nitrogen and oxygen atoms in total. The zero-order chi connectivity index (χ0) is 35.6. The number of aromatic nitrogens is 4. The van der Waals surface area contributed by atoms with Crippen molar-refractivity contribution in [3.8, 4) is 56.7 Å². The van der Waals surface area contributed by atoms with Crippen molar-refractivity contribution >= 4 is 64.2 Å². The molecule has 0 aliphatic heterocycles. The van der Waals surface area contributed by atoms with Gasteiger partial charge in [-0.05, 0) is 81.2 Å². The third-order valence-corrected chi connectivity index (χ3v) is 11.2. The highest BCUT2D eigenvalue weighted by molar-refractivity contribution is 7.26. The van der Waals surface area contributed by atoms with Crippen molar-refractivity contribution in [1.29, 1.82) is 0 Å². The number of thiophene rings is 1. The van der Waals surface area contributed by atoms with Crippen LogP contribution >= 0.6 is 11.3 Å². The minimum absolute atomic E-state index is 0.611. The van der Waals surface area contributed by atoms with Gasteiger partial charge in [-0.25, -0.2) is 19.9 Å². The third kappa shape index (κ3) is 5.15. The van der Waals surface area contributed by atoms with Crippen molar-refractivity contribution in [2.75, 3.05) is 0 Å². The first kappa shape index (κ1) is 30.6. The fourth-order valence-electron chi connectivity index (χ4n) is 7.49. The van der Waals surface area contributed by atoms with E-state index in [0.717, 1.165) is 80.8 Å². The van der Waals surface area contributed by atoms with Crippen LogP contribution in [0.25, 0.3) is 110 Å². The normalized spacial score (nSPS) is 11.7. The summed E-state index contributed by atoms with van der Waals surface area (Å²) in [4.78, 5) is 20.7. The molecule has 0 spiro atoms. The van der Waals surface area contributed by atoms with Gasteiger partial charge in [-0.3, -0.25) is 0 Å². The molecule has 0 unspecified atom stereocenters. The number of rotatable bonds is 5. The number of hydrogen-bond acceptors (Lipinski definition) is 6. The summed E-state index contributed by atoms with van der Waals surface area (Å²) in [6, 6.07) is 58.9. The average molecular weight is 709 g/mol. The molecule has 0 bridgehead atoms. The predicted molar refractivity (Wildman–Crippen MR) is 222 cm³/mol. The second-order valence-electron chi connectivity index (χ2n) is 13.5. The van der Waals surface area contributed by atoms with Crippen LogP contribution in [0.3, 0.4) is 0 Å². The van der Waals surface area contributed by atoms with E-state index in [-0.39, 0.29) is 0 Å². The van der Waals surface area contributed by atoms with Gasteiger partial charge in [-0.2, -0.15) is 0 Å². The third-order valence-electron chi connectivity index (χ3n) is 10.1. The fourth-order valence-corrected chi connectivity index (χ4v) is 8.64. The Morgan fingerprint density at radius 3 is 1.78 bits per heavy atom. The second kappa shape index (κ2) is 12.3. The first-order chi connectivity index (χ1) is 26.7. The monoisotopic (exact) mass is 708 g/mol. The number of benzene rings is 8. The molecule has 3 aromatic heterocycles. The van der Waals surface area contributed by atoms with Gasteiger partial charge in [-0.15, -0.1) is 11.3 Å². The zero-order valence-electron chi connectivity index (χ0n) is 28.8. The molecular weight excluding hydrogens is 681 g/mol. The van der Waals surface area contributed by atoms with Gasteiger partial charge in [0.25, 0.3) is 0 Å². The number of fused-ring (bicyclic) bond motifs is 6. The van der Waals surface area contributed by atoms with E-state index in [1.54, 1.807) is 11.3 Å². The molecule has 0 aliphatic carbocycles. The Kier molecular flexibility index (Phi) is 6.97. The van der Waals surface area contributed by atoms with Gasteiger partial charge in [0.2, 0.25) is 5.89 Å². The Labute approximate surface area is 313 Å². The zero-order valence-corrected chi connectivity index (χ0v) is 29.6. The molecule has 8 aromatic carbocycles. The lowest BCUT2D eigenvalue weighted by atomic mass is 9.95. The van der Waals surface area contributed by atoms with E-state index >= 15 is 0 Å². The van der Waals surface area contributed by atoms with Gasteiger partial charge in [0.15, 0.2) is 23.1 Å². The molecule has 0 radical (unpaired) electrons. The van der Waals surface area contributed by atoms with Crippen molar-refractivity contribution in [2.45, 2.75) is 0 Å². The van der Waals surface area contributed by atoms with Crippen molar-refractivity contribution in [1.82, 2.24) is 19.9 Å². The molecule has 0 atom stereocenters. The Morgan fingerprint density at radius 1 is 0.389 bits per heavy atom. The topological polar surface area (TPSA) is 64.7 Å². The molecule has 252 valence electrons. The van der Waals surface area contributed by atoms with Crippen LogP contribution in [0, 0.1) is 0 Å². The highest BCUT2D eigenvalue weighted by Gasteiger charge is 2.21. The number of oxazole rings is 1. The molecule has 0 N–H and O–H groups in total. The van der Waals surface area contributed by atoms with Crippen molar-refractivity contribution in [2.24, 2.45) is 0 Å². The Balaban J connectivity index is 1.17. The lowest BCUT2D eigenvalue weighted by Gasteiger charge is -2.14. The molecule has 0 fully saturated rings. The lowest BCUT2D eigenvalue weighted by Crippen LogP contribution is -2.01. The predicted octanol–water partition coefficient (Wildman–Crippen LogP) is 13.0. The van der Waals surface area contributed by atoms with E-state index in [9.17, 15) is 0 Å². The first-order valence-electron chi connectivity index (χ1n) is 17.9. The van der Waals surface area contributed by atoms with Crippen LogP contribution in [0.2, 0.25) is 0 Å². The molecular formula is C48H28N4OS. The standard InChI is InChI=1S/C48H28N4OS/c1-3-13-30(14-4-1)37-25-33-18-9-10-19-34(33)26-38(37)47-51-45(35-23-22-29-12-7-8-17-32(29)24-35)50-46(52-47)36-20-11-21-42-44(36)39-27-41-40(28-43(39)54-42)49-48(53-41)31-15-5-2-6-16-31/h1-28H. The van der Waals surface area contributed by atoms with Crippen LogP contribution in [0.1, 0.15) is 0 Å². The average Bonchev–Trinajstić information content (AvgIpc) is 3.83. The maximum absolute atomic E-state index is 6.36. The maximum Gasteiger partial charge on any atom is 0.227 e. The van der Waals surface area contributed by atoms with Crippen molar-refractivity contribution in [3.05, 3.63) is 170 Å². The molecule has 54 heavy (non-hydrogen) atoms. The largest absolute Gasteiger partial charge is 0.436 e. The van der Waals surface area contributed by atoms with Gasteiger partial charge >= 0.3 is 0 Å². The summed E-state index contributed by atoms with van der Waals surface area (Å²) in [5.74, 6) is 2.46. The van der Waals surface area contributed by atoms with E-state index in [1.807, 2.05) is 36.4 Å². The summed E-state index contributed by atoms with van der Waals surface area (Å²) in [5, 5.41) is 6.75. The van der Waals surface area contributed by atoms with Crippen molar-refractivity contribution in [3.63, 3.8) is 0 Å². The second-order valence-corrected chi connectivity index (χ2v) is 14.5. The van der Waals surface area contributed by atoms with E-state index in [2.05, 4.69) is 133 Å². The summed E-state index contributed by atoms with van der Waals surface area (Å²) in [6.45, 7) is 0. The molecule has 0 amide bonds. The minimum Gasteiger partial charge on any atom is -0.436 e. The van der Waals surface area contributed by atoms with Crippen LogP contribution in [0.5, 0.6) is 0 Å². The smallest absolute Gasteiger partial charge is 0.227 e. The molecule has 6 heteroatoms. The van der Waals surface area contributed by atoms with E-state index < -0.39 is 0 Å². The lowest BCUT2D eigenvalue weighted by molar-refractivity contribution is 0.620. The number of nitrogens with zero attached hydrogens (tertiary/aromatic N) is 4. The van der Waals surface area contributed by atoms with Crippen LogP contribution in [-0.2, 0) is 0 Å². The van der Waals surface area contributed by atoms with Crippen LogP contribution < -0.4 is 0 Å². The summed E-state index contributed by atoms with van der Waals surface area (Å²) < 4.78 is 8.63. The minimum atomic E-state index is 0.611. The Morgan fingerprint density at radius 2 is 1.02 bits per heavy atom.